The molecule has 3 nitrogen and oxygen atoms in total. The molecule has 0 aliphatic heterocycles. The van der Waals surface area contributed by atoms with E-state index in [4.69, 9.17) is 0 Å². The summed E-state index contributed by atoms with van der Waals surface area (Å²) in [5, 5.41) is 9.20. The summed E-state index contributed by atoms with van der Waals surface area (Å²) in [6.07, 6.45) is 0.352. The Labute approximate surface area is 117 Å². The molecule has 0 saturated heterocycles. The summed E-state index contributed by atoms with van der Waals surface area (Å²) >= 11 is 0. The molecule has 6 heteroatoms. The lowest BCUT2D eigenvalue weighted by atomic mass is 9.71. The summed E-state index contributed by atoms with van der Waals surface area (Å²) in [5.74, 6) is -0.506. The normalized spacial score (nSPS) is 27.5. The van der Waals surface area contributed by atoms with Crippen LogP contribution >= 0.6 is 0 Å². The predicted octanol–water partition coefficient (Wildman–Crippen LogP) is 3.87. The van der Waals surface area contributed by atoms with Crippen LogP contribution in [0.2, 0.25) is 0 Å². The van der Waals surface area contributed by atoms with Crippen molar-refractivity contribution in [1.29, 1.82) is 0 Å². The van der Waals surface area contributed by atoms with Crippen LogP contribution in [0.15, 0.2) is 0 Å². The number of rotatable bonds is 7. The standard InChI is InChI=1S/C14H23F3O3/c1-2-10-5-6-12(13(18)19)11(8-10)4-3-7-20-9-14(15,16)17/h10-12H,2-9H2,1H3,(H,18,19). The topological polar surface area (TPSA) is 46.5 Å². The second-order valence-corrected chi connectivity index (χ2v) is 5.60. The van der Waals surface area contributed by atoms with Gasteiger partial charge in [0.25, 0.3) is 0 Å². The van der Waals surface area contributed by atoms with Gasteiger partial charge in [0.05, 0.1) is 5.92 Å². The molecule has 20 heavy (non-hydrogen) atoms. The van der Waals surface area contributed by atoms with Gasteiger partial charge >= 0.3 is 12.1 Å². The van der Waals surface area contributed by atoms with Crippen LogP contribution in [-0.2, 0) is 9.53 Å². The number of aliphatic carboxylic acids is 1. The van der Waals surface area contributed by atoms with Gasteiger partial charge in [-0.3, -0.25) is 4.79 Å². The van der Waals surface area contributed by atoms with Crippen LogP contribution in [0.3, 0.4) is 0 Å². The number of halogens is 3. The smallest absolute Gasteiger partial charge is 0.411 e. The van der Waals surface area contributed by atoms with Crippen LogP contribution in [0.4, 0.5) is 13.2 Å². The third-order valence-corrected chi connectivity index (χ3v) is 4.11. The highest BCUT2D eigenvalue weighted by Crippen LogP contribution is 2.38. The highest BCUT2D eigenvalue weighted by molar-refractivity contribution is 5.70. The van der Waals surface area contributed by atoms with Gasteiger partial charge in [0.15, 0.2) is 0 Å². The quantitative estimate of drug-likeness (QED) is 0.725. The summed E-state index contributed by atoms with van der Waals surface area (Å²) in [4.78, 5) is 11.2. The van der Waals surface area contributed by atoms with Crippen LogP contribution in [0.1, 0.15) is 45.4 Å². The van der Waals surface area contributed by atoms with Crippen LogP contribution < -0.4 is 0 Å². The van der Waals surface area contributed by atoms with Gasteiger partial charge in [0, 0.05) is 6.61 Å². The number of carbonyl (C=O) groups is 1. The van der Waals surface area contributed by atoms with Crippen molar-refractivity contribution >= 4 is 5.97 Å². The van der Waals surface area contributed by atoms with E-state index in [1.165, 1.54) is 0 Å². The Morgan fingerprint density at radius 3 is 2.60 bits per heavy atom. The zero-order chi connectivity index (χ0) is 15.2. The van der Waals surface area contributed by atoms with Gasteiger partial charge in [0.2, 0.25) is 0 Å². The molecule has 1 saturated carbocycles. The average Bonchev–Trinajstić information content (AvgIpc) is 2.36. The van der Waals surface area contributed by atoms with Gasteiger partial charge < -0.3 is 9.84 Å². The van der Waals surface area contributed by atoms with E-state index in [0.29, 0.717) is 25.2 Å². The molecule has 1 aliphatic carbocycles. The summed E-state index contributed by atoms with van der Waals surface area (Å²) in [6.45, 7) is 0.909. The first kappa shape index (κ1) is 17.3. The Morgan fingerprint density at radius 1 is 1.35 bits per heavy atom. The molecule has 1 aliphatic rings. The maximum absolute atomic E-state index is 11.9. The van der Waals surface area contributed by atoms with Crippen molar-refractivity contribution in [3.05, 3.63) is 0 Å². The number of ether oxygens (including phenoxy) is 1. The molecule has 1 rings (SSSR count). The van der Waals surface area contributed by atoms with Gasteiger partial charge in [-0.05, 0) is 43.9 Å². The lowest BCUT2D eigenvalue weighted by molar-refractivity contribution is -0.174. The maximum atomic E-state index is 11.9. The molecule has 3 atom stereocenters. The third-order valence-electron chi connectivity index (χ3n) is 4.11. The number of carboxylic acids is 1. The van der Waals surface area contributed by atoms with Gasteiger partial charge in [-0.2, -0.15) is 13.2 Å². The van der Waals surface area contributed by atoms with E-state index in [0.717, 1.165) is 19.3 Å². The molecule has 1 fully saturated rings. The van der Waals surface area contributed by atoms with Crippen molar-refractivity contribution in [3.63, 3.8) is 0 Å². The third kappa shape index (κ3) is 6.11. The number of alkyl halides is 3. The molecule has 1 N–H and O–H groups in total. The summed E-state index contributed by atoms with van der Waals surface area (Å²) < 4.78 is 40.3. The Hall–Kier alpha value is -0.780. The molecule has 0 radical (unpaired) electrons. The molecular formula is C14H23F3O3. The first-order chi connectivity index (χ1) is 9.33. The average molecular weight is 296 g/mol. The van der Waals surface area contributed by atoms with E-state index >= 15 is 0 Å². The van der Waals surface area contributed by atoms with Crippen molar-refractivity contribution in [2.24, 2.45) is 17.8 Å². The minimum absolute atomic E-state index is 0.0408. The molecule has 3 unspecified atom stereocenters. The van der Waals surface area contributed by atoms with E-state index in [2.05, 4.69) is 11.7 Å². The predicted molar refractivity (Wildman–Crippen MR) is 68.4 cm³/mol. The van der Waals surface area contributed by atoms with Gasteiger partial charge in [0.1, 0.15) is 6.61 Å². The molecule has 0 bridgehead atoms. The molecule has 118 valence electrons. The Kier molecular flexibility index (Phi) is 6.79. The first-order valence-corrected chi connectivity index (χ1v) is 7.20. The Bertz CT molecular complexity index is 305. The molecule has 0 aromatic rings. The monoisotopic (exact) mass is 296 g/mol. The van der Waals surface area contributed by atoms with E-state index in [1.807, 2.05) is 0 Å². The first-order valence-electron chi connectivity index (χ1n) is 7.20. The zero-order valence-corrected chi connectivity index (χ0v) is 11.8. The molecule has 0 aromatic carbocycles. The minimum Gasteiger partial charge on any atom is -0.481 e. The Balaban J connectivity index is 2.32. The molecule has 0 spiro atoms. The van der Waals surface area contributed by atoms with Crippen molar-refractivity contribution in [1.82, 2.24) is 0 Å². The highest BCUT2D eigenvalue weighted by Gasteiger charge is 2.34. The highest BCUT2D eigenvalue weighted by atomic mass is 19.4. The minimum atomic E-state index is -4.29. The van der Waals surface area contributed by atoms with Crippen molar-refractivity contribution in [2.75, 3.05) is 13.2 Å². The fraction of sp³-hybridized carbons (Fsp3) is 0.929. The lowest BCUT2D eigenvalue weighted by Gasteiger charge is -2.33. The maximum Gasteiger partial charge on any atom is 0.411 e. The van der Waals surface area contributed by atoms with E-state index in [9.17, 15) is 23.1 Å². The van der Waals surface area contributed by atoms with Gasteiger partial charge in [-0.25, -0.2) is 0 Å². The zero-order valence-electron chi connectivity index (χ0n) is 11.8. The number of hydrogen-bond acceptors (Lipinski definition) is 2. The summed E-state index contributed by atoms with van der Waals surface area (Å²) in [5.41, 5.74) is 0. The SMILES string of the molecule is CCC1CCC(C(=O)O)C(CCCOCC(F)(F)F)C1. The van der Waals surface area contributed by atoms with Crippen LogP contribution in [-0.4, -0.2) is 30.5 Å². The van der Waals surface area contributed by atoms with Crippen LogP contribution in [0, 0.1) is 17.8 Å². The number of hydrogen-bond donors (Lipinski definition) is 1. The summed E-state index contributed by atoms with van der Waals surface area (Å²) in [7, 11) is 0. The van der Waals surface area contributed by atoms with Crippen LogP contribution in [0.25, 0.3) is 0 Å². The molecule has 0 amide bonds. The molecule has 0 aromatic heterocycles. The van der Waals surface area contributed by atoms with E-state index in [-0.39, 0.29) is 18.4 Å². The van der Waals surface area contributed by atoms with Crippen LogP contribution in [0.5, 0.6) is 0 Å². The largest absolute Gasteiger partial charge is 0.481 e. The fourth-order valence-corrected chi connectivity index (χ4v) is 3.01. The van der Waals surface area contributed by atoms with Crippen molar-refractivity contribution in [2.45, 2.75) is 51.6 Å². The van der Waals surface area contributed by atoms with Crippen molar-refractivity contribution in [3.8, 4) is 0 Å². The number of carboxylic acid groups (broad SMARTS) is 1. The lowest BCUT2D eigenvalue weighted by Crippen LogP contribution is -2.30. The fourth-order valence-electron chi connectivity index (χ4n) is 3.01. The van der Waals surface area contributed by atoms with Gasteiger partial charge in [-0.1, -0.05) is 13.3 Å². The van der Waals surface area contributed by atoms with Gasteiger partial charge in [-0.15, -0.1) is 0 Å². The molecule has 0 heterocycles. The van der Waals surface area contributed by atoms with E-state index < -0.39 is 18.8 Å². The second-order valence-electron chi connectivity index (χ2n) is 5.60. The van der Waals surface area contributed by atoms with E-state index in [1.54, 1.807) is 0 Å². The van der Waals surface area contributed by atoms with Crippen molar-refractivity contribution < 1.29 is 27.8 Å². The summed E-state index contributed by atoms with van der Waals surface area (Å²) in [6, 6.07) is 0. The second kappa shape index (κ2) is 7.86. The molecular weight excluding hydrogens is 273 g/mol. The Morgan fingerprint density at radius 2 is 2.05 bits per heavy atom.